The van der Waals surface area contributed by atoms with Crippen LogP contribution >= 0.6 is 11.6 Å². The number of hydrogen-bond donors (Lipinski definition) is 2. The van der Waals surface area contributed by atoms with Gasteiger partial charge in [0.1, 0.15) is 5.82 Å². The Bertz CT molecular complexity index is 754. The van der Waals surface area contributed by atoms with E-state index in [0.29, 0.717) is 12.0 Å². The van der Waals surface area contributed by atoms with Crippen molar-refractivity contribution in [1.29, 1.82) is 0 Å². The number of carbonyl (C=O) groups is 1. The molecule has 2 aromatic rings. The van der Waals surface area contributed by atoms with Crippen molar-refractivity contribution in [3.05, 3.63) is 64.2 Å². The lowest BCUT2D eigenvalue weighted by molar-refractivity contribution is -0.124. The van der Waals surface area contributed by atoms with Gasteiger partial charge in [-0.25, -0.2) is 4.39 Å². The molecule has 24 heavy (non-hydrogen) atoms. The van der Waals surface area contributed by atoms with Gasteiger partial charge >= 0.3 is 0 Å². The fourth-order valence-electron chi connectivity index (χ4n) is 3.10. The highest BCUT2D eigenvalue weighted by atomic mass is 35.5. The predicted molar refractivity (Wildman–Crippen MR) is 89.3 cm³/mol. The standard InChI is InChI=1S/C18H18ClFN2O2/c19-14-7-6-12(9-15(14)20)16(10-23)22-18(24)13-5-1-3-11-4-2-8-21-17(11)13/h2,4,6-9,13,16,23H,1,3,5,10H2,(H,22,24)/t13-,16+/m1/s1. The number of amides is 1. The Labute approximate surface area is 144 Å². The summed E-state index contributed by atoms with van der Waals surface area (Å²) in [4.78, 5) is 17.0. The number of rotatable bonds is 4. The lowest BCUT2D eigenvalue weighted by Crippen LogP contribution is -2.36. The SMILES string of the molecule is O=C(N[C@@H](CO)c1ccc(Cl)c(F)c1)[C@@H]1CCCc2cccnc21. The lowest BCUT2D eigenvalue weighted by Gasteiger charge is -2.26. The topological polar surface area (TPSA) is 62.2 Å². The van der Waals surface area contributed by atoms with E-state index in [0.717, 1.165) is 24.1 Å². The van der Waals surface area contributed by atoms with Crippen molar-refractivity contribution in [2.75, 3.05) is 6.61 Å². The molecule has 1 aliphatic rings. The first-order valence-electron chi connectivity index (χ1n) is 7.90. The van der Waals surface area contributed by atoms with Crippen molar-refractivity contribution in [1.82, 2.24) is 10.3 Å². The first kappa shape index (κ1) is 16.9. The van der Waals surface area contributed by atoms with Crippen molar-refractivity contribution < 1.29 is 14.3 Å². The largest absolute Gasteiger partial charge is 0.394 e. The van der Waals surface area contributed by atoms with Gasteiger partial charge in [0.25, 0.3) is 0 Å². The number of aliphatic hydroxyl groups excluding tert-OH is 1. The number of fused-ring (bicyclic) bond motifs is 1. The second-order valence-electron chi connectivity index (χ2n) is 5.91. The van der Waals surface area contributed by atoms with Crippen LogP contribution in [0.15, 0.2) is 36.5 Å². The van der Waals surface area contributed by atoms with Crippen LogP contribution in [0.1, 0.15) is 41.6 Å². The number of nitrogens with zero attached hydrogens (tertiary/aromatic N) is 1. The summed E-state index contributed by atoms with van der Waals surface area (Å²) in [6.45, 7) is -0.325. The van der Waals surface area contributed by atoms with Gasteiger partial charge in [-0.15, -0.1) is 0 Å². The van der Waals surface area contributed by atoms with Crippen LogP contribution in [-0.4, -0.2) is 22.6 Å². The van der Waals surface area contributed by atoms with E-state index in [1.54, 1.807) is 12.3 Å². The number of hydrogen-bond acceptors (Lipinski definition) is 3. The van der Waals surface area contributed by atoms with Crippen molar-refractivity contribution in [3.8, 4) is 0 Å². The molecule has 126 valence electrons. The first-order chi connectivity index (χ1) is 11.6. The van der Waals surface area contributed by atoms with E-state index >= 15 is 0 Å². The van der Waals surface area contributed by atoms with Crippen LogP contribution in [-0.2, 0) is 11.2 Å². The molecule has 0 spiro atoms. The molecule has 1 aromatic carbocycles. The van der Waals surface area contributed by atoms with Gasteiger partial charge in [-0.3, -0.25) is 9.78 Å². The molecule has 0 radical (unpaired) electrons. The molecule has 2 atom stereocenters. The molecule has 1 heterocycles. The molecule has 6 heteroatoms. The Morgan fingerprint density at radius 2 is 2.29 bits per heavy atom. The first-order valence-corrected chi connectivity index (χ1v) is 8.28. The Hall–Kier alpha value is -1.98. The highest BCUT2D eigenvalue weighted by Gasteiger charge is 2.29. The van der Waals surface area contributed by atoms with Crippen LogP contribution in [0.5, 0.6) is 0 Å². The fraction of sp³-hybridized carbons (Fsp3) is 0.333. The van der Waals surface area contributed by atoms with Gasteiger partial charge in [0.05, 0.1) is 29.3 Å². The minimum atomic E-state index is -0.682. The molecule has 0 unspecified atom stereocenters. The summed E-state index contributed by atoms with van der Waals surface area (Å²) in [5.74, 6) is -1.13. The van der Waals surface area contributed by atoms with Gasteiger partial charge in [-0.1, -0.05) is 23.7 Å². The fourth-order valence-corrected chi connectivity index (χ4v) is 3.22. The van der Waals surface area contributed by atoms with Gasteiger partial charge in [0.2, 0.25) is 5.91 Å². The van der Waals surface area contributed by atoms with Gasteiger partial charge < -0.3 is 10.4 Å². The quantitative estimate of drug-likeness (QED) is 0.892. The molecular weight excluding hydrogens is 331 g/mol. The number of aromatic nitrogens is 1. The molecule has 1 aromatic heterocycles. The summed E-state index contributed by atoms with van der Waals surface area (Å²) in [5.41, 5.74) is 2.35. The van der Waals surface area contributed by atoms with E-state index in [-0.39, 0.29) is 23.5 Å². The smallest absolute Gasteiger partial charge is 0.229 e. The summed E-state index contributed by atoms with van der Waals surface area (Å²) in [6, 6.07) is 7.42. The number of aliphatic hydroxyl groups is 1. The maximum atomic E-state index is 13.6. The van der Waals surface area contributed by atoms with Crippen LogP contribution in [0.3, 0.4) is 0 Å². The lowest BCUT2D eigenvalue weighted by atomic mass is 9.86. The Morgan fingerprint density at radius 3 is 3.04 bits per heavy atom. The van der Waals surface area contributed by atoms with E-state index in [2.05, 4.69) is 10.3 Å². The molecule has 0 bridgehead atoms. The zero-order valence-corrected chi connectivity index (χ0v) is 13.8. The minimum absolute atomic E-state index is 0.00664. The number of halogens is 2. The van der Waals surface area contributed by atoms with E-state index in [9.17, 15) is 14.3 Å². The molecule has 1 aliphatic carbocycles. The third-order valence-corrected chi connectivity index (χ3v) is 4.66. The van der Waals surface area contributed by atoms with Gasteiger partial charge in [0.15, 0.2) is 0 Å². The number of nitrogens with one attached hydrogen (secondary N) is 1. The Morgan fingerprint density at radius 1 is 1.46 bits per heavy atom. The summed E-state index contributed by atoms with van der Waals surface area (Å²) in [6.07, 6.45) is 4.22. The van der Waals surface area contributed by atoms with Crippen LogP contribution in [0, 0.1) is 5.82 Å². The molecule has 2 N–H and O–H groups in total. The molecule has 3 rings (SSSR count). The van der Waals surface area contributed by atoms with Gasteiger partial charge in [-0.2, -0.15) is 0 Å². The Balaban J connectivity index is 1.79. The van der Waals surface area contributed by atoms with Crippen molar-refractivity contribution in [3.63, 3.8) is 0 Å². The van der Waals surface area contributed by atoms with Crippen LogP contribution in [0.25, 0.3) is 0 Å². The van der Waals surface area contributed by atoms with Gasteiger partial charge in [-0.05, 0) is 48.6 Å². The Kier molecular flexibility index (Phi) is 5.11. The molecule has 0 fully saturated rings. The average Bonchev–Trinajstić information content (AvgIpc) is 2.61. The van der Waals surface area contributed by atoms with Crippen molar-refractivity contribution in [2.24, 2.45) is 0 Å². The molecule has 1 amide bonds. The zero-order valence-electron chi connectivity index (χ0n) is 13.0. The monoisotopic (exact) mass is 348 g/mol. The third-order valence-electron chi connectivity index (χ3n) is 4.36. The van der Waals surface area contributed by atoms with E-state index < -0.39 is 11.9 Å². The van der Waals surface area contributed by atoms with E-state index in [4.69, 9.17) is 11.6 Å². The number of aryl methyl sites for hydroxylation is 1. The van der Waals surface area contributed by atoms with Crippen LogP contribution in [0.4, 0.5) is 4.39 Å². The highest BCUT2D eigenvalue weighted by Crippen LogP contribution is 2.30. The van der Waals surface area contributed by atoms with Crippen molar-refractivity contribution >= 4 is 17.5 Å². The molecule has 0 saturated carbocycles. The van der Waals surface area contributed by atoms with Gasteiger partial charge in [0, 0.05) is 6.20 Å². The number of carbonyl (C=O) groups excluding carboxylic acids is 1. The van der Waals surface area contributed by atoms with Crippen LogP contribution in [0.2, 0.25) is 5.02 Å². The minimum Gasteiger partial charge on any atom is -0.394 e. The summed E-state index contributed by atoms with van der Waals surface area (Å²) in [7, 11) is 0. The second-order valence-corrected chi connectivity index (χ2v) is 6.32. The third kappa shape index (κ3) is 3.42. The maximum absolute atomic E-state index is 13.6. The number of pyridine rings is 1. The highest BCUT2D eigenvalue weighted by molar-refractivity contribution is 6.30. The molecule has 0 saturated heterocycles. The average molecular weight is 349 g/mol. The molecular formula is C18H18ClFN2O2. The second kappa shape index (κ2) is 7.28. The molecule has 0 aliphatic heterocycles. The predicted octanol–water partition coefficient (Wildman–Crippen LogP) is 3.14. The maximum Gasteiger partial charge on any atom is 0.229 e. The molecule has 4 nitrogen and oxygen atoms in total. The summed E-state index contributed by atoms with van der Waals surface area (Å²) >= 11 is 5.68. The number of benzene rings is 1. The van der Waals surface area contributed by atoms with E-state index in [1.165, 1.54) is 12.1 Å². The summed E-state index contributed by atoms with van der Waals surface area (Å²) in [5, 5.41) is 12.4. The van der Waals surface area contributed by atoms with E-state index in [1.807, 2.05) is 12.1 Å². The normalized spacial score (nSPS) is 17.9. The van der Waals surface area contributed by atoms with Crippen LogP contribution < -0.4 is 5.32 Å². The summed E-state index contributed by atoms with van der Waals surface area (Å²) < 4.78 is 13.6. The zero-order chi connectivity index (χ0) is 17.1. The van der Waals surface area contributed by atoms with Crippen molar-refractivity contribution in [2.45, 2.75) is 31.2 Å².